The third kappa shape index (κ3) is 6.41. The molecule has 12 heteroatoms. The van der Waals surface area contributed by atoms with Gasteiger partial charge in [0, 0.05) is 26.0 Å². The molecule has 1 aromatic heterocycles. The second-order valence-corrected chi connectivity index (χ2v) is 8.95. The Hall–Kier alpha value is -3.25. The second kappa shape index (κ2) is 12.8. The van der Waals surface area contributed by atoms with Crippen LogP contribution in [0.1, 0.15) is 37.0 Å². The zero-order valence-corrected chi connectivity index (χ0v) is 20.3. The molecule has 0 radical (unpaired) electrons. The Morgan fingerprint density at radius 2 is 1.91 bits per heavy atom. The van der Waals surface area contributed by atoms with Gasteiger partial charge in [-0.2, -0.15) is 0 Å². The van der Waals surface area contributed by atoms with Crippen molar-refractivity contribution in [3.63, 3.8) is 0 Å². The number of carbonyl (C=O) groups is 2. The van der Waals surface area contributed by atoms with Crippen LogP contribution in [0.15, 0.2) is 38.8 Å². The summed E-state index contributed by atoms with van der Waals surface area (Å²) in [5, 5.41) is 0. The molecule has 0 aliphatic heterocycles. The third-order valence-electron chi connectivity index (χ3n) is 4.98. The highest BCUT2D eigenvalue weighted by molar-refractivity contribution is 7.85. The van der Waals surface area contributed by atoms with Gasteiger partial charge in [0.15, 0.2) is 12.3 Å². The Morgan fingerprint density at radius 3 is 2.56 bits per heavy atom. The van der Waals surface area contributed by atoms with E-state index in [9.17, 15) is 23.4 Å². The number of methoxy groups -OCH3 is 1. The SMILES string of the molecule is CCCCn1c(N)c(N(CCOC)C(=O)COC(=O)c2ccccc2S(=O)CC)c(=O)[nH]c1=O. The van der Waals surface area contributed by atoms with Gasteiger partial charge in [0.2, 0.25) is 0 Å². The molecule has 11 nitrogen and oxygen atoms in total. The van der Waals surface area contributed by atoms with Gasteiger partial charge >= 0.3 is 11.7 Å². The van der Waals surface area contributed by atoms with Crippen LogP contribution in [-0.4, -0.2) is 58.3 Å². The number of nitrogen functional groups attached to an aromatic ring is 1. The number of unbranched alkanes of at least 4 members (excludes halogenated alkanes) is 1. The van der Waals surface area contributed by atoms with Gasteiger partial charge in [-0.25, -0.2) is 9.59 Å². The lowest BCUT2D eigenvalue weighted by Crippen LogP contribution is -2.44. The minimum Gasteiger partial charge on any atom is -0.452 e. The van der Waals surface area contributed by atoms with Gasteiger partial charge in [-0.1, -0.05) is 32.4 Å². The second-order valence-electron chi connectivity index (χ2n) is 7.24. The molecule has 0 spiro atoms. The lowest BCUT2D eigenvalue weighted by atomic mass is 10.2. The van der Waals surface area contributed by atoms with Crippen molar-refractivity contribution in [1.82, 2.24) is 9.55 Å². The fraction of sp³-hybridized carbons (Fsp3) is 0.455. The number of hydrogen-bond donors (Lipinski definition) is 2. The largest absolute Gasteiger partial charge is 0.452 e. The zero-order valence-electron chi connectivity index (χ0n) is 19.5. The molecule has 1 amide bonds. The topological polar surface area (TPSA) is 154 Å². The van der Waals surface area contributed by atoms with Gasteiger partial charge in [-0.3, -0.25) is 28.2 Å². The molecule has 186 valence electrons. The Kier molecular flexibility index (Phi) is 10.2. The molecule has 0 saturated heterocycles. The molecule has 2 aromatic rings. The van der Waals surface area contributed by atoms with Gasteiger partial charge < -0.3 is 15.2 Å². The number of esters is 1. The normalized spacial score (nSPS) is 11.7. The van der Waals surface area contributed by atoms with Crippen LogP contribution in [-0.2, 0) is 31.6 Å². The van der Waals surface area contributed by atoms with Gasteiger partial charge in [-0.15, -0.1) is 0 Å². The monoisotopic (exact) mass is 494 g/mol. The summed E-state index contributed by atoms with van der Waals surface area (Å²) in [4.78, 5) is 54.0. The Balaban J connectivity index is 2.33. The summed E-state index contributed by atoms with van der Waals surface area (Å²) in [6.07, 6.45) is 1.42. The maximum atomic E-state index is 13.0. The number of carbonyl (C=O) groups excluding carboxylic acids is 2. The minimum atomic E-state index is -1.40. The predicted molar refractivity (Wildman–Crippen MR) is 129 cm³/mol. The molecule has 0 bridgehead atoms. The van der Waals surface area contributed by atoms with Gasteiger partial charge in [0.25, 0.3) is 11.5 Å². The summed E-state index contributed by atoms with van der Waals surface area (Å²) < 4.78 is 23.6. The van der Waals surface area contributed by atoms with E-state index in [1.54, 1.807) is 25.1 Å². The quantitative estimate of drug-likeness (QED) is 0.412. The minimum absolute atomic E-state index is 0.0605. The van der Waals surface area contributed by atoms with Crippen LogP contribution >= 0.6 is 0 Å². The number of aromatic nitrogens is 2. The molecule has 1 aromatic carbocycles. The number of rotatable bonds is 12. The predicted octanol–water partition coefficient (Wildman–Crippen LogP) is 0.883. The number of benzene rings is 1. The van der Waals surface area contributed by atoms with Crippen molar-refractivity contribution in [3.05, 3.63) is 50.7 Å². The zero-order chi connectivity index (χ0) is 25.3. The van der Waals surface area contributed by atoms with Crippen LogP contribution in [0.5, 0.6) is 0 Å². The number of anilines is 2. The molecule has 1 heterocycles. The number of amides is 1. The van der Waals surface area contributed by atoms with Crippen molar-refractivity contribution in [1.29, 1.82) is 0 Å². The summed E-state index contributed by atoms with van der Waals surface area (Å²) in [5.74, 6) is -1.42. The molecule has 0 fully saturated rings. The number of nitrogens with one attached hydrogen (secondary N) is 1. The first-order valence-corrected chi connectivity index (χ1v) is 12.1. The number of nitrogens with zero attached hydrogens (tertiary/aromatic N) is 2. The first-order chi connectivity index (χ1) is 16.3. The van der Waals surface area contributed by atoms with Crippen LogP contribution in [0, 0.1) is 0 Å². The van der Waals surface area contributed by atoms with E-state index in [1.165, 1.54) is 17.7 Å². The first kappa shape index (κ1) is 27.0. The van der Waals surface area contributed by atoms with Gasteiger partial charge in [0.05, 0.1) is 27.9 Å². The van der Waals surface area contributed by atoms with E-state index in [4.69, 9.17) is 15.2 Å². The molecule has 0 aliphatic rings. The van der Waals surface area contributed by atoms with E-state index in [2.05, 4.69) is 4.98 Å². The lowest BCUT2D eigenvalue weighted by molar-refractivity contribution is -0.121. The number of H-pyrrole nitrogens is 1. The van der Waals surface area contributed by atoms with Gasteiger partial charge in [-0.05, 0) is 18.6 Å². The van der Waals surface area contributed by atoms with Crippen molar-refractivity contribution in [2.24, 2.45) is 0 Å². The highest BCUT2D eigenvalue weighted by Gasteiger charge is 2.26. The molecular weight excluding hydrogens is 464 g/mol. The van der Waals surface area contributed by atoms with E-state index in [-0.39, 0.29) is 36.8 Å². The first-order valence-electron chi connectivity index (χ1n) is 10.8. The van der Waals surface area contributed by atoms with Crippen LogP contribution in [0.4, 0.5) is 11.5 Å². The summed E-state index contributed by atoms with van der Waals surface area (Å²) in [6, 6.07) is 6.27. The number of ether oxygens (including phenoxy) is 2. The highest BCUT2D eigenvalue weighted by Crippen LogP contribution is 2.19. The molecule has 0 saturated carbocycles. The number of nitrogens with two attached hydrogens (primary N) is 1. The van der Waals surface area contributed by atoms with E-state index >= 15 is 0 Å². The van der Waals surface area contributed by atoms with Crippen LogP contribution in [0.3, 0.4) is 0 Å². The van der Waals surface area contributed by atoms with Gasteiger partial charge in [0.1, 0.15) is 5.82 Å². The average Bonchev–Trinajstić information content (AvgIpc) is 2.83. The molecule has 1 unspecified atom stereocenters. The van der Waals surface area contributed by atoms with Crippen molar-refractivity contribution < 1.29 is 23.3 Å². The summed E-state index contributed by atoms with van der Waals surface area (Å²) in [5.41, 5.74) is 4.47. The summed E-state index contributed by atoms with van der Waals surface area (Å²) in [7, 11) is 0.0191. The average molecular weight is 495 g/mol. The standard InChI is InChI=1S/C22H30N4O7S/c1-4-6-11-26-19(23)18(20(28)24-22(26)30)25(12-13-32-3)17(27)14-33-21(29)15-9-7-8-10-16(15)34(31)5-2/h7-10H,4-6,11-14,23H2,1-3H3,(H,24,28,30). The van der Waals surface area contributed by atoms with Crippen LogP contribution in [0.2, 0.25) is 0 Å². The Morgan fingerprint density at radius 1 is 1.21 bits per heavy atom. The molecular formula is C22H30N4O7S. The fourth-order valence-electron chi connectivity index (χ4n) is 3.19. The number of hydrogen-bond acceptors (Lipinski definition) is 8. The van der Waals surface area contributed by atoms with E-state index in [1.807, 2.05) is 6.92 Å². The molecule has 34 heavy (non-hydrogen) atoms. The molecule has 3 N–H and O–H groups in total. The molecule has 1 atom stereocenters. The number of aromatic amines is 1. The maximum Gasteiger partial charge on any atom is 0.339 e. The summed E-state index contributed by atoms with van der Waals surface area (Å²) in [6.45, 7) is 3.20. The third-order valence-corrected chi connectivity index (χ3v) is 6.35. The molecule has 2 rings (SSSR count). The smallest absolute Gasteiger partial charge is 0.339 e. The highest BCUT2D eigenvalue weighted by atomic mass is 32.2. The summed E-state index contributed by atoms with van der Waals surface area (Å²) >= 11 is 0. The van der Waals surface area contributed by atoms with Crippen molar-refractivity contribution in [3.8, 4) is 0 Å². The van der Waals surface area contributed by atoms with Crippen molar-refractivity contribution >= 4 is 34.2 Å². The lowest BCUT2D eigenvalue weighted by Gasteiger charge is -2.24. The fourth-order valence-corrected chi connectivity index (χ4v) is 4.13. The van der Waals surface area contributed by atoms with Crippen molar-refractivity contribution in [2.45, 2.75) is 38.1 Å². The van der Waals surface area contributed by atoms with Crippen molar-refractivity contribution in [2.75, 3.05) is 43.3 Å². The van der Waals surface area contributed by atoms with E-state index in [0.29, 0.717) is 17.1 Å². The van der Waals surface area contributed by atoms with Crippen LogP contribution < -0.4 is 21.9 Å². The van der Waals surface area contributed by atoms with Crippen LogP contribution in [0.25, 0.3) is 0 Å². The Bertz CT molecular complexity index is 1160. The Labute approximate surface area is 199 Å². The van der Waals surface area contributed by atoms with E-state index < -0.39 is 40.5 Å². The maximum absolute atomic E-state index is 13.0. The van der Waals surface area contributed by atoms with E-state index in [0.717, 1.165) is 11.3 Å². The molecule has 0 aliphatic carbocycles.